The molecule has 0 aromatic heterocycles. The molecule has 122 valence electrons. The summed E-state index contributed by atoms with van der Waals surface area (Å²) in [6.07, 6.45) is 10.4. The van der Waals surface area contributed by atoms with Crippen molar-refractivity contribution in [1.29, 1.82) is 0 Å². The van der Waals surface area contributed by atoms with Crippen molar-refractivity contribution >= 4 is 14.5 Å². The van der Waals surface area contributed by atoms with Gasteiger partial charge in [-0.25, -0.2) is 8.78 Å². The lowest BCUT2D eigenvalue weighted by molar-refractivity contribution is 0.165. The molecule has 0 heterocycles. The highest BCUT2D eigenvalue weighted by Crippen LogP contribution is 2.43. The van der Waals surface area contributed by atoms with Gasteiger partial charge in [0.1, 0.15) is 0 Å². The van der Waals surface area contributed by atoms with Crippen molar-refractivity contribution in [3.63, 3.8) is 0 Å². The van der Waals surface area contributed by atoms with Crippen molar-refractivity contribution in [1.82, 2.24) is 0 Å². The van der Waals surface area contributed by atoms with Crippen molar-refractivity contribution < 1.29 is 8.78 Å². The van der Waals surface area contributed by atoms with E-state index in [1.165, 1.54) is 44.6 Å². The van der Waals surface area contributed by atoms with Gasteiger partial charge in [0, 0.05) is 5.30 Å². The molecule has 0 radical (unpaired) electrons. The van der Waals surface area contributed by atoms with Crippen LogP contribution < -0.4 is 5.30 Å². The molecule has 3 rings (SSSR count). The van der Waals surface area contributed by atoms with Crippen LogP contribution in [0, 0.1) is 29.4 Å². The van der Waals surface area contributed by atoms with E-state index in [4.69, 9.17) is 0 Å². The highest BCUT2D eigenvalue weighted by Gasteiger charge is 2.30. The van der Waals surface area contributed by atoms with E-state index in [0.717, 1.165) is 36.2 Å². The highest BCUT2D eigenvalue weighted by atomic mass is 31.0. The number of benzene rings is 1. The van der Waals surface area contributed by atoms with Crippen molar-refractivity contribution in [3.8, 4) is 0 Å². The summed E-state index contributed by atoms with van der Waals surface area (Å²) in [5, 5.41) is 0.360. The third kappa shape index (κ3) is 3.53. The van der Waals surface area contributed by atoms with E-state index in [-0.39, 0.29) is 0 Å². The van der Waals surface area contributed by atoms with Crippen LogP contribution in [0.25, 0.3) is 0 Å². The van der Waals surface area contributed by atoms with Gasteiger partial charge in [-0.1, -0.05) is 19.8 Å². The van der Waals surface area contributed by atoms with Gasteiger partial charge in [-0.05, 0) is 79.9 Å². The predicted molar refractivity (Wildman–Crippen MR) is 91.5 cm³/mol. The minimum Gasteiger partial charge on any atom is -0.204 e. The first-order chi connectivity index (χ1) is 10.5. The van der Waals surface area contributed by atoms with Crippen LogP contribution >= 0.6 is 9.24 Å². The van der Waals surface area contributed by atoms with Gasteiger partial charge in [0.2, 0.25) is 0 Å². The quantitative estimate of drug-likeness (QED) is 0.624. The largest absolute Gasteiger partial charge is 0.204 e. The zero-order chi connectivity index (χ0) is 15.7. The maximum Gasteiger partial charge on any atom is 0.165 e. The summed E-state index contributed by atoms with van der Waals surface area (Å²) in [5.41, 5.74) is 0.986. The summed E-state index contributed by atoms with van der Waals surface area (Å²) in [6, 6.07) is 3.23. The van der Waals surface area contributed by atoms with E-state index in [1.54, 1.807) is 0 Å². The molecule has 3 heteroatoms. The number of hydrogen-bond donors (Lipinski definition) is 0. The summed E-state index contributed by atoms with van der Waals surface area (Å²) in [5.74, 6) is 1.68. The molecule has 0 nitrogen and oxygen atoms in total. The maximum atomic E-state index is 13.6. The number of hydrogen-bond acceptors (Lipinski definition) is 0. The second-order valence-corrected chi connectivity index (χ2v) is 8.16. The molecule has 1 unspecified atom stereocenters. The Kier molecular flexibility index (Phi) is 5.17. The van der Waals surface area contributed by atoms with Crippen LogP contribution in [0.2, 0.25) is 0 Å². The Labute approximate surface area is 135 Å². The van der Waals surface area contributed by atoms with Gasteiger partial charge >= 0.3 is 0 Å². The average Bonchev–Trinajstić information content (AvgIpc) is 2.53. The average molecular weight is 324 g/mol. The first kappa shape index (κ1) is 16.4. The molecule has 0 N–H and O–H groups in total. The van der Waals surface area contributed by atoms with Gasteiger partial charge in [0.15, 0.2) is 11.6 Å². The Morgan fingerprint density at radius 1 is 0.864 bits per heavy atom. The number of rotatable bonds is 2. The molecule has 0 spiro atoms. The molecular formula is C19H27F2P. The van der Waals surface area contributed by atoms with Gasteiger partial charge in [-0.15, -0.1) is 9.24 Å². The van der Waals surface area contributed by atoms with Crippen molar-refractivity contribution in [3.05, 3.63) is 29.3 Å². The van der Waals surface area contributed by atoms with Crippen LogP contribution in [0.15, 0.2) is 12.1 Å². The molecule has 2 aliphatic carbocycles. The van der Waals surface area contributed by atoms with Crippen LogP contribution in [0.3, 0.4) is 0 Å². The zero-order valence-electron chi connectivity index (χ0n) is 13.5. The predicted octanol–water partition coefficient (Wildman–Crippen LogP) is 5.57. The number of halogens is 2. The minimum atomic E-state index is -0.723. The standard InChI is InChI=1S/C19H27F2P/c1-12-2-4-13(5-3-12)14-6-8-15(9-7-14)16-10-17(20)19(21)18(22)11-16/h10-15H,2-9,22H2,1H3. The SMILES string of the molecule is CC1CCC(C2CCC(c3cc(F)c(F)c(P)c3)CC2)CC1. The molecule has 1 aromatic carbocycles. The molecule has 2 saturated carbocycles. The second kappa shape index (κ2) is 6.95. The van der Waals surface area contributed by atoms with Crippen molar-refractivity contribution in [2.75, 3.05) is 0 Å². The van der Waals surface area contributed by atoms with Gasteiger partial charge in [0.25, 0.3) is 0 Å². The van der Waals surface area contributed by atoms with E-state index in [1.807, 2.05) is 6.07 Å². The van der Waals surface area contributed by atoms with Crippen LogP contribution in [0.5, 0.6) is 0 Å². The molecule has 1 atom stereocenters. The molecular weight excluding hydrogens is 297 g/mol. The van der Waals surface area contributed by atoms with E-state index >= 15 is 0 Å². The lowest BCUT2D eigenvalue weighted by Gasteiger charge is -2.37. The fourth-order valence-corrected chi connectivity index (χ4v) is 4.88. The lowest BCUT2D eigenvalue weighted by Crippen LogP contribution is -2.25. The molecule has 0 amide bonds. The van der Waals surface area contributed by atoms with Crippen LogP contribution in [-0.4, -0.2) is 0 Å². The Balaban J connectivity index is 1.60. The molecule has 1 aromatic rings. The first-order valence-corrected chi connectivity index (χ1v) is 9.36. The van der Waals surface area contributed by atoms with Gasteiger partial charge in [-0.2, -0.15) is 0 Å². The normalized spacial score (nSPS) is 32.9. The Bertz CT molecular complexity index is 489. The topological polar surface area (TPSA) is 0 Å². The van der Waals surface area contributed by atoms with Gasteiger partial charge < -0.3 is 0 Å². The summed E-state index contributed by atoms with van der Waals surface area (Å²) in [6.45, 7) is 2.37. The van der Waals surface area contributed by atoms with Gasteiger partial charge in [-0.3, -0.25) is 0 Å². The minimum absolute atomic E-state index is 0.360. The van der Waals surface area contributed by atoms with E-state index in [0.29, 0.717) is 11.2 Å². The van der Waals surface area contributed by atoms with Crippen LogP contribution in [-0.2, 0) is 0 Å². The third-order valence-electron chi connectivity index (χ3n) is 6.05. The summed E-state index contributed by atoms with van der Waals surface area (Å²) in [7, 11) is 2.31. The molecule has 22 heavy (non-hydrogen) atoms. The monoisotopic (exact) mass is 324 g/mol. The third-order valence-corrected chi connectivity index (χ3v) is 6.47. The van der Waals surface area contributed by atoms with E-state index in [9.17, 15) is 8.78 Å². The van der Waals surface area contributed by atoms with Gasteiger partial charge in [0.05, 0.1) is 0 Å². The Morgan fingerprint density at radius 2 is 1.41 bits per heavy atom. The van der Waals surface area contributed by atoms with Crippen LogP contribution in [0.1, 0.15) is 69.8 Å². The van der Waals surface area contributed by atoms with Crippen molar-refractivity contribution in [2.24, 2.45) is 17.8 Å². The second-order valence-electron chi connectivity index (χ2n) is 7.54. The fourth-order valence-electron chi connectivity index (χ4n) is 4.55. The summed E-state index contributed by atoms with van der Waals surface area (Å²) >= 11 is 0. The fraction of sp³-hybridized carbons (Fsp3) is 0.684. The van der Waals surface area contributed by atoms with Crippen molar-refractivity contribution in [2.45, 2.75) is 64.2 Å². The van der Waals surface area contributed by atoms with Crippen LogP contribution in [0.4, 0.5) is 8.78 Å². The first-order valence-electron chi connectivity index (χ1n) is 8.79. The molecule has 0 bridgehead atoms. The smallest absolute Gasteiger partial charge is 0.165 e. The molecule has 0 aliphatic heterocycles. The maximum absolute atomic E-state index is 13.6. The summed E-state index contributed by atoms with van der Waals surface area (Å²) < 4.78 is 27.0. The van der Waals surface area contributed by atoms with E-state index in [2.05, 4.69) is 16.2 Å². The molecule has 2 aliphatic rings. The van der Waals surface area contributed by atoms with E-state index < -0.39 is 11.6 Å². The lowest BCUT2D eigenvalue weighted by atomic mass is 9.68. The zero-order valence-corrected chi connectivity index (χ0v) is 14.6. The molecule has 0 saturated heterocycles. The Hall–Kier alpha value is -0.490. The highest BCUT2D eigenvalue weighted by molar-refractivity contribution is 7.27. The summed E-state index contributed by atoms with van der Waals surface area (Å²) in [4.78, 5) is 0. The molecule has 2 fully saturated rings. The Morgan fingerprint density at radius 3 is 1.95 bits per heavy atom.